The number of hydrogen-bond acceptors (Lipinski definition) is 1. The Morgan fingerprint density at radius 1 is 1.38 bits per heavy atom. The molecule has 1 atom stereocenters. The Labute approximate surface area is 99.6 Å². The minimum atomic E-state index is -0.280. The Balaban J connectivity index is 2.84. The first-order valence-corrected chi connectivity index (χ1v) is 6.12. The van der Waals surface area contributed by atoms with Crippen molar-refractivity contribution in [2.24, 2.45) is 5.41 Å². The average molecular weight is 220 g/mol. The zero-order valence-corrected chi connectivity index (χ0v) is 10.8. The largest absolute Gasteiger partial charge is 0.392 e. The van der Waals surface area contributed by atoms with Crippen molar-refractivity contribution in [3.63, 3.8) is 0 Å². The molecule has 0 fully saturated rings. The third kappa shape index (κ3) is 3.97. The lowest BCUT2D eigenvalue weighted by molar-refractivity contribution is 0.0742. The molecule has 90 valence electrons. The van der Waals surface area contributed by atoms with Crippen molar-refractivity contribution in [3.8, 4) is 0 Å². The molecular formula is C15H24O. The highest BCUT2D eigenvalue weighted by Crippen LogP contribution is 2.28. The Morgan fingerprint density at radius 2 is 2.06 bits per heavy atom. The average Bonchev–Trinajstić information content (AvgIpc) is 2.23. The van der Waals surface area contributed by atoms with Gasteiger partial charge in [0, 0.05) is 5.41 Å². The van der Waals surface area contributed by atoms with E-state index in [1.54, 1.807) is 0 Å². The normalized spacial score (nSPS) is 27.1. The first kappa shape index (κ1) is 13.2. The third-order valence-electron chi connectivity index (χ3n) is 3.38. The Morgan fingerprint density at radius 3 is 2.75 bits per heavy atom. The van der Waals surface area contributed by atoms with Gasteiger partial charge in [0.1, 0.15) is 0 Å². The zero-order chi connectivity index (χ0) is 12.2. The Kier molecular flexibility index (Phi) is 4.55. The monoisotopic (exact) mass is 220 g/mol. The van der Waals surface area contributed by atoms with Crippen molar-refractivity contribution in [1.82, 2.24) is 0 Å². The van der Waals surface area contributed by atoms with Gasteiger partial charge in [0.25, 0.3) is 0 Å². The van der Waals surface area contributed by atoms with Crippen LogP contribution in [0.25, 0.3) is 0 Å². The molecule has 0 aliphatic heterocycles. The van der Waals surface area contributed by atoms with Gasteiger partial charge in [0.05, 0.1) is 6.10 Å². The minimum Gasteiger partial charge on any atom is -0.392 e. The molecule has 0 spiro atoms. The van der Waals surface area contributed by atoms with Crippen molar-refractivity contribution >= 4 is 0 Å². The van der Waals surface area contributed by atoms with Crippen LogP contribution in [-0.2, 0) is 0 Å². The van der Waals surface area contributed by atoms with Crippen molar-refractivity contribution in [2.75, 3.05) is 0 Å². The second kappa shape index (κ2) is 5.49. The summed E-state index contributed by atoms with van der Waals surface area (Å²) in [6.07, 6.45) is 10.1. The molecule has 0 amide bonds. The van der Waals surface area contributed by atoms with Crippen LogP contribution in [0.15, 0.2) is 36.0 Å². The zero-order valence-electron chi connectivity index (χ0n) is 10.8. The van der Waals surface area contributed by atoms with E-state index in [9.17, 15) is 5.11 Å². The SMILES string of the molecule is C=C1C=CC(C)(C)C(O)CCC(C)=CCC1. The molecule has 1 aliphatic rings. The van der Waals surface area contributed by atoms with Gasteiger partial charge in [0.15, 0.2) is 0 Å². The smallest absolute Gasteiger partial charge is 0.0628 e. The molecule has 0 heterocycles. The van der Waals surface area contributed by atoms with E-state index < -0.39 is 0 Å². The summed E-state index contributed by atoms with van der Waals surface area (Å²) < 4.78 is 0. The summed E-state index contributed by atoms with van der Waals surface area (Å²) in [6, 6.07) is 0. The Hall–Kier alpha value is -0.820. The van der Waals surface area contributed by atoms with Gasteiger partial charge in [-0.1, -0.05) is 49.8 Å². The highest BCUT2D eigenvalue weighted by atomic mass is 16.3. The van der Waals surface area contributed by atoms with Crippen LogP contribution in [0.5, 0.6) is 0 Å². The molecule has 0 aromatic heterocycles. The minimum absolute atomic E-state index is 0.159. The van der Waals surface area contributed by atoms with Crippen molar-refractivity contribution in [2.45, 2.75) is 52.6 Å². The van der Waals surface area contributed by atoms with Gasteiger partial charge in [-0.15, -0.1) is 0 Å². The number of allylic oxidation sites excluding steroid dienone is 4. The van der Waals surface area contributed by atoms with Gasteiger partial charge in [-0.25, -0.2) is 0 Å². The van der Waals surface area contributed by atoms with Crippen molar-refractivity contribution in [1.29, 1.82) is 0 Å². The van der Waals surface area contributed by atoms with Crippen molar-refractivity contribution < 1.29 is 5.11 Å². The van der Waals surface area contributed by atoms with E-state index in [0.29, 0.717) is 0 Å². The fraction of sp³-hybridized carbons (Fsp3) is 0.600. The van der Waals surface area contributed by atoms with Crippen LogP contribution >= 0.6 is 0 Å². The summed E-state index contributed by atoms with van der Waals surface area (Å²) in [4.78, 5) is 0. The maximum absolute atomic E-state index is 10.1. The molecule has 0 aromatic carbocycles. The molecule has 0 saturated heterocycles. The molecule has 0 aromatic rings. The summed E-state index contributed by atoms with van der Waals surface area (Å²) in [5, 5.41) is 10.1. The summed E-state index contributed by atoms with van der Waals surface area (Å²) >= 11 is 0. The van der Waals surface area contributed by atoms with Crippen LogP contribution in [0, 0.1) is 5.41 Å². The number of aliphatic hydroxyl groups is 1. The van der Waals surface area contributed by atoms with Crippen LogP contribution in [0.2, 0.25) is 0 Å². The van der Waals surface area contributed by atoms with Crippen LogP contribution in [0.4, 0.5) is 0 Å². The number of hydrogen-bond donors (Lipinski definition) is 1. The number of aliphatic hydroxyl groups excluding tert-OH is 1. The molecule has 0 radical (unpaired) electrons. The van der Waals surface area contributed by atoms with Crippen LogP contribution in [0.1, 0.15) is 46.5 Å². The molecule has 16 heavy (non-hydrogen) atoms. The maximum atomic E-state index is 10.1. The molecule has 1 aliphatic carbocycles. The first-order chi connectivity index (χ1) is 7.42. The lowest BCUT2D eigenvalue weighted by Crippen LogP contribution is -2.27. The van der Waals surface area contributed by atoms with Gasteiger partial charge in [-0.05, 0) is 32.6 Å². The van der Waals surface area contributed by atoms with Gasteiger partial charge >= 0.3 is 0 Å². The predicted octanol–water partition coefficient (Wildman–Crippen LogP) is 4.01. The quantitative estimate of drug-likeness (QED) is 0.612. The van der Waals surface area contributed by atoms with E-state index in [4.69, 9.17) is 0 Å². The summed E-state index contributed by atoms with van der Waals surface area (Å²) in [5.74, 6) is 0. The molecule has 0 saturated carbocycles. The fourth-order valence-electron chi connectivity index (χ4n) is 1.87. The number of rotatable bonds is 0. The van der Waals surface area contributed by atoms with E-state index in [-0.39, 0.29) is 11.5 Å². The Bertz CT molecular complexity index is 307. The van der Waals surface area contributed by atoms with Crippen LogP contribution in [-0.4, -0.2) is 11.2 Å². The highest BCUT2D eigenvalue weighted by molar-refractivity contribution is 5.19. The molecule has 0 bridgehead atoms. The first-order valence-electron chi connectivity index (χ1n) is 6.12. The molecule has 1 nitrogen and oxygen atoms in total. The molecule has 1 unspecified atom stereocenters. The molecule has 1 heteroatoms. The lowest BCUT2D eigenvalue weighted by atomic mass is 9.83. The van der Waals surface area contributed by atoms with Gasteiger partial charge in [-0.2, -0.15) is 0 Å². The van der Waals surface area contributed by atoms with E-state index in [0.717, 1.165) is 31.3 Å². The topological polar surface area (TPSA) is 20.2 Å². The fourth-order valence-corrected chi connectivity index (χ4v) is 1.87. The highest BCUT2D eigenvalue weighted by Gasteiger charge is 2.24. The van der Waals surface area contributed by atoms with Gasteiger partial charge in [0.2, 0.25) is 0 Å². The predicted molar refractivity (Wildman–Crippen MR) is 70.3 cm³/mol. The van der Waals surface area contributed by atoms with Crippen LogP contribution < -0.4 is 0 Å². The second-order valence-corrected chi connectivity index (χ2v) is 5.46. The molecular weight excluding hydrogens is 196 g/mol. The van der Waals surface area contributed by atoms with E-state index in [1.165, 1.54) is 5.57 Å². The molecule has 1 rings (SSSR count). The molecule has 1 N–H and O–H groups in total. The summed E-state index contributed by atoms with van der Waals surface area (Å²) in [7, 11) is 0. The van der Waals surface area contributed by atoms with E-state index >= 15 is 0 Å². The maximum Gasteiger partial charge on any atom is 0.0628 e. The lowest BCUT2D eigenvalue weighted by Gasteiger charge is -2.27. The third-order valence-corrected chi connectivity index (χ3v) is 3.38. The second-order valence-electron chi connectivity index (χ2n) is 5.46. The van der Waals surface area contributed by atoms with E-state index in [2.05, 4.69) is 45.6 Å². The van der Waals surface area contributed by atoms with Gasteiger partial charge in [-0.3, -0.25) is 0 Å². The van der Waals surface area contributed by atoms with Gasteiger partial charge < -0.3 is 5.11 Å². The van der Waals surface area contributed by atoms with Crippen LogP contribution in [0.3, 0.4) is 0 Å². The summed E-state index contributed by atoms with van der Waals surface area (Å²) in [6.45, 7) is 10.3. The summed E-state index contributed by atoms with van der Waals surface area (Å²) in [5.41, 5.74) is 2.36. The standard InChI is InChI=1S/C15H24O/c1-12-6-5-7-13(2)10-11-15(3,4)14(16)9-8-12/h6,10-11,14,16H,2,5,7-9H2,1,3-4H3. The van der Waals surface area contributed by atoms with Crippen molar-refractivity contribution in [3.05, 3.63) is 36.0 Å². The van der Waals surface area contributed by atoms with E-state index in [1.807, 2.05) is 0 Å².